The van der Waals surface area contributed by atoms with E-state index in [4.69, 9.17) is 14.6 Å². The molecular formula is C14H15N3O3. The van der Waals surface area contributed by atoms with Gasteiger partial charge in [-0.25, -0.2) is 9.97 Å². The van der Waals surface area contributed by atoms with Crippen LogP contribution in [-0.4, -0.2) is 42.4 Å². The zero-order valence-corrected chi connectivity index (χ0v) is 11.3. The number of fused-ring (bicyclic) bond motifs is 1. The van der Waals surface area contributed by atoms with Gasteiger partial charge in [0, 0.05) is 6.07 Å². The van der Waals surface area contributed by atoms with Crippen LogP contribution in [0.4, 0.5) is 5.82 Å². The number of ether oxygens (including phenoxy) is 2. The average molecular weight is 273 g/mol. The van der Waals surface area contributed by atoms with Crippen LogP contribution < -0.4 is 14.8 Å². The maximum Gasteiger partial charge on any atom is 0.148 e. The van der Waals surface area contributed by atoms with E-state index in [1.807, 2.05) is 6.07 Å². The molecule has 6 heteroatoms. The first-order valence-corrected chi connectivity index (χ1v) is 5.97. The topological polar surface area (TPSA) is 76.5 Å². The highest BCUT2D eigenvalue weighted by atomic mass is 16.5. The molecule has 1 aromatic heterocycles. The predicted octanol–water partition coefficient (Wildman–Crippen LogP) is 1.05. The van der Waals surface area contributed by atoms with Crippen molar-refractivity contribution in [2.75, 3.05) is 32.7 Å². The van der Waals surface area contributed by atoms with Crippen molar-refractivity contribution in [1.29, 1.82) is 0 Å². The second-order valence-corrected chi connectivity index (χ2v) is 3.81. The summed E-state index contributed by atoms with van der Waals surface area (Å²) in [6, 6.07) is 3.60. The van der Waals surface area contributed by atoms with Crippen LogP contribution in [0.5, 0.6) is 11.5 Å². The number of methoxy groups -OCH3 is 2. The third-order valence-electron chi connectivity index (χ3n) is 2.68. The Morgan fingerprint density at radius 3 is 2.75 bits per heavy atom. The Balaban J connectivity index is 2.44. The fourth-order valence-corrected chi connectivity index (χ4v) is 1.77. The number of hydrogen-bond donors (Lipinski definition) is 2. The molecule has 2 rings (SSSR count). The summed E-state index contributed by atoms with van der Waals surface area (Å²) in [5, 5.41) is 12.5. The summed E-state index contributed by atoms with van der Waals surface area (Å²) in [7, 11) is 3.17. The number of rotatable bonds is 4. The fraction of sp³-hybridized carbons (Fsp3) is 0.286. The smallest absolute Gasteiger partial charge is 0.148 e. The van der Waals surface area contributed by atoms with Crippen LogP contribution in [-0.2, 0) is 0 Å². The predicted molar refractivity (Wildman–Crippen MR) is 76.0 cm³/mol. The maximum absolute atomic E-state index is 8.61. The summed E-state index contributed by atoms with van der Waals surface area (Å²) < 4.78 is 10.5. The lowest BCUT2D eigenvalue weighted by Gasteiger charge is -2.10. The van der Waals surface area contributed by atoms with E-state index in [9.17, 15) is 0 Å². The molecule has 20 heavy (non-hydrogen) atoms. The molecule has 0 radical (unpaired) electrons. The molecule has 0 atom stereocenters. The Morgan fingerprint density at radius 2 is 2.05 bits per heavy atom. The largest absolute Gasteiger partial charge is 0.497 e. The van der Waals surface area contributed by atoms with Crippen molar-refractivity contribution in [2.45, 2.75) is 0 Å². The number of aliphatic hydroxyl groups excluding tert-OH is 1. The lowest BCUT2D eigenvalue weighted by Crippen LogP contribution is -2.03. The highest BCUT2D eigenvalue weighted by molar-refractivity contribution is 5.94. The van der Waals surface area contributed by atoms with E-state index in [1.165, 1.54) is 6.33 Å². The number of nitrogens with one attached hydrogen (secondary N) is 1. The van der Waals surface area contributed by atoms with Crippen molar-refractivity contribution in [3.63, 3.8) is 0 Å². The summed E-state index contributed by atoms with van der Waals surface area (Å²) in [6.45, 7) is 0.222. The van der Waals surface area contributed by atoms with Crippen LogP contribution in [0.2, 0.25) is 0 Å². The molecular weight excluding hydrogens is 258 g/mol. The lowest BCUT2D eigenvalue weighted by atomic mass is 10.2. The first-order valence-electron chi connectivity index (χ1n) is 5.97. The number of hydrogen-bond acceptors (Lipinski definition) is 6. The first kappa shape index (κ1) is 13.9. The second-order valence-electron chi connectivity index (χ2n) is 3.81. The molecule has 1 heterocycles. The van der Waals surface area contributed by atoms with E-state index >= 15 is 0 Å². The summed E-state index contributed by atoms with van der Waals surface area (Å²) in [5.41, 5.74) is 0.695. The average Bonchev–Trinajstić information content (AvgIpc) is 2.50. The minimum atomic E-state index is -0.159. The van der Waals surface area contributed by atoms with Gasteiger partial charge in [-0.1, -0.05) is 11.8 Å². The molecule has 0 unspecified atom stereocenters. The van der Waals surface area contributed by atoms with Gasteiger partial charge in [-0.2, -0.15) is 0 Å². The molecule has 0 amide bonds. The Labute approximate surface area is 116 Å². The summed E-state index contributed by atoms with van der Waals surface area (Å²) in [6.07, 6.45) is 1.46. The molecule has 0 aliphatic heterocycles. The fourth-order valence-electron chi connectivity index (χ4n) is 1.77. The van der Waals surface area contributed by atoms with Gasteiger partial charge >= 0.3 is 0 Å². The molecule has 2 aromatic rings. The van der Waals surface area contributed by atoms with E-state index in [-0.39, 0.29) is 6.61 Å². The van der Waals surface area contributed by atoms with Crippen LogP contribution in [0.1, 0.15) is 0 Å². The highest BCUT2D eigenvalue weighted by Gasteiger charge is 2.10. The molecule has 0 saturated carbocycles. The quantitative estimate of drug-likeness (QED) is 0.811. The SMILES string of the molecule is COc1cc(OC)c2ncnc(NCC#CCO)c2c1. The molecule has 0 saturated heterocycles. The number of aromatic nitrogens is 2. The molecule has 0 spiro atoms. The number of benzene rings is 1. The van der Waals surface area contributed by atoms with E-state index in [2.05, 4.69) is 27.1 Å². The van der Waals surface area contributed by atoms with Crippen molar-refractivity contribution in [3.05, 3.63) is 18.5 Å². The standard InChI is InChI=1S/C14H15N3O3/c1-19-10-7-11-13(12(8-10)20-2)16-9-17-14(11)15-5-3-4-6-18/h7-9,18H,5-6H2,1-2H3,(H,15,16,17). The molecule has 104 valence electrons. The molecule has 0 aliphatic carbocycles. The molecule has 1 aromatic carbocycles. The molecule has 0 aliphatic rings. The van der Waals surface area contributed by atoms with Crippen molar-refractivity contribution in [3.8, 4) is 23.3 Å². The summed E-state index contributed by atoms with van der Waals surface area (Å²) >= 11 is 0. The van der Waals surface area contributed by atoms with Gasteiger partial charge in [0.05, 0.1) is 26.2 Å². The van der Waals surface area contributed by atoms with Gasteiger partial charge in [-0.15, -0.1) is 0 Å². The number of anilines is 1. The van der Waals surface area contributed by atoms with Crippen molar-refractivity contribution in [2.24, 2.45) is 0 Å². The molecule has 0 fully saturated rings. The summed E-state index contributed by atoms with van der Waals surface area (Å²) in [4.78, 5) is 8.42. The van der Waals surface area contributed by atoms with E-state index < -0.39 is 0 Å². The lowest BCUT2D eigenvalue weighted by molar-refractivity contribution is 0.350. The zero-order chi connectivity index (χ0) is 14.4. The minimum absolute atomic E-state index is 0.159. The number of aliphatic hydroxyl groups is 1. The normalized spacial score (nSPS) is 9.75. The minimum Gasteiger partial charge on any atom is -0.497 e. The number of nitrogens with zero attached hydrogens (tertiary/aromatic N) is 2. The Bertz CT molecular complexity index is 662. The van der Waals surface area contributed by atoms with E-state index in [0.717, 1.165) is 5.39 Å². The van der Waals surface area contributed by atoms with Gasteiger partial charge in [-0.05, 0) is 6.07 Å². The zero-order valence-electron chi connectivity index (χ0n) is 11.3. The Morgan fingerprint density at radius 1 is 1.20 bits per heavy atom. The summed E-state index contributed by atoms with van der Waals surface area (Å²) in [5.74, 6) is 7.25. The van der Waals surface area contributed by atoms with Crippen LogP contribution in [0.3, 0.4) is 0 Å². The van der Waals surface area contributed by atoms with Crippen LogP contribution in [0.15, 0.2) is 18.5 Å². The molecule has 6 nitrogen and oxygen atoms in total. The van der Waals surface area contributed by atoms with E-state index in [0.29, 0.717) is 29.4 Å². The molecule has 0 bridgehead atoms. The maximum atomic E-state index is 8.61. The van der Waals surface area contributed by atoms with Crippen LogP contribution in [0, 0.1) is 11.8 Å². The third-order valence-corrected chi connectivity index (χ3v) is 2.68. The van der Waals surface area contributed by atoms with Crippen molar-refractivity contribution < 1.29 is 14.6 Å². The Kier molecular flexibility index (Phi) is 4.58. The van der Waals surface area contributed by atoms with Gasteiger partial charge in [0.15, 0.2) is 0 Å². The van der Waals surface area contributed by atoms with Gasteiger partial charge in [0.1, 0.15) is 35.8 Å². The van der Waals surface area contributed by atoms with Crippen LogP contribution >= 0.6 is 0 Å². The van der Waals surface area contributed by atoms with Gasteiger partial charge in [0.2, 0.25) is 0 Å². The van der Waals surface area contributed by atoms with Crippen molar-refractivity contribution in [1.82, 2.24) is 9.97 Å². The van der Waals surface area contributed by atoms with Gasteiger partial charge in [-0.3, -0.25) is 0 Å². The van der Waals surface area contributed by atoms with Gasteiger partial charge < -0.3 is 19.9 Å². The highest BCUT2D eigenvalue weighted by Crippen LogP contribution is 2.32. The second kappa shape index (κ2) is 6.59. The Hall–Kier alpha value is -2.52. The monoisotopic (exact) mass is 273 g/mol. The van der Waals surface area contributed by atoms with Crippen molar-refractivity contribution >= 4 is 16.7 Å². The first-order chi connectivity index (χ1) is 9.80. The van der Waals surface area contributed by atoms with Gasteiger partial charge in [0.25, 0.3) is 0 Å². The third kappa shape index (κ3) is 2.90. The van der Waals surface area contributed by atoms with E-state index in [1.54, 1.807) is 20.3 Å². The molecule has 2 N–H and O–H groups in total. The van der Waals surface area contributed by atoms with Crippen LogP contribution in [0.25, 0.3) is 10.9 Å².